The maximum atomic E-state index is 12.3. The van der Waals surface area contributed by atoms with Crippen LogP contribution in [0.2, 0.25) is 0 Å². The fraction of sp³-hybridized carbons (Fsp3) is 0.429. The predicted octanol–water partition coefficient (Wildman–Crippen LogP) is 1.60. The highest BCUT2D eigenvalue weighted by Crippen LogP contribution is 2.24. The van der Waals surface area contributed by atoms with E-state index in [0.29, 0.717) is 0 Å². The molecule has 4 nitrogen and oxygen atoms in total. The highest BCUT2D eigenvalue weighted by atomic mass is 16.5. The van der Waals surface area contributed by atoms with Gasteiger partial charge in [0, 0.05) is 7.05 Å². The first-order valence-electron chi connectivity index (χ1n) is 5.77. The van der Waals surface area contributed by atoms with Gasteiger partial charge in [-0.3, -0.25) is 9.59 Å². The molecule has 0 unspecified atom stereocenters. The third kappa shape index (κ3) is 3.09. The number of rotatable bonds is 4. The van der Waals surface area contributed by atoms with Crippen LogP contribution in [-0.2, 0) is 19.7 Å². The molecule has 0 aromatic heterocycles. The Morgan fingerprint density at radius 2 is 1.78 bits per heavy atom. The first-order valence-corrected chi connectivity index (χ1v) is 5.77. The van der Waals surface area contributed by atoms with Gasteiger partial charge in [-0.15, -0.1) is 0 Å². The molecule has 0 heterocycles. The molecule has 0 saturated heterocycles. The number of methoxy groups -OCH3 is 1. The van der Waals surface area contributed by atoms with Crippen molar-refractivity contribution < 1.29 is 14.3 Å². The summed E-state index contributed by atoms with van der Waals surface area (Å²) in [5.74, 6) is -0.534. The zero-order chi connectivity index (χ0) is 13.8. The van der Waals surface area contributed by atoms with Crippen LogP contribution < -0.4 is 0 Å². The lowest BCUT2D eigenvalue weighted by Crippen LogP contribution is -2.43. The number of carbonyl (C=O) groups is 2. The lowest BCUT2D eigenvalue weighted by atomic mass is 9.83. The van der Waals surface area contributed by atoms with E-state index in [1.54, 1.807) is 7.05 Å². The van der Waals surface area contributed by atoms with E-state index in [4.69, 9.17) is 0 Å². The van der Waals surface area contributed by atoms with Crippen molar-refractivity contribution >= 4 is 11.9 Å². The van der Waals surface area contributed by atoms with Crippen molar-refractivity contribution in [3.05, 3.63) is 35.9 Å². The van der Waals surface area contributed by atoms with Gasteiger partial charge in [-0.1, -0.05) is 30.3 Å². The van der Waals surface area contributed by atoms with Crippen LogP contribution >= 0.6 is 0 Å². The summed E-state index contributed by atoms with van der Waals surface area (Å²) in [7, 11) is 2.91. The second-order valence-electron chi connectivity index (χ2n) is 4.73. The summed E-state index contributed by atoms with van der Waals surface area (Å²) in [4.78, 5) is 24.9. The average molecular weight is 249 g/mol. The van der Waals surface area contributed by atoms with Crippen molar-refractivity contribution in [2.24, 2.45) is 0 Å². The summed E-state index contributed by atoms with van der Waals surface area (Å²) < 4.78 is 4.56. The fourth-order valence-corrected chi connectivity index (χ4v) is 1.79. The lowest BCUT2D eigenvalue weighted by molar-refractivity contribution is -0.147. The summed E-state index contributed by atoms with van der Waals surface area (Å²) in [5.41, 5.74) is 0.260. The molecule has 0 aliphatic heterocycles. The predicted molar refractivity (Wildman–Crippen MR) is 69.1 cm³/mol. The molecule has 0 fully saturated rings. The summed E-state index contributed by atoms with van der Waals surface area (Å²) in [6.45, 7) is 3.66. The van der Waals surface area contributed by atoms with Gasteiger partial charge in [0.05, 0.1) is 12.5 Å². The molecule has 18 heavy (non-hydrogen) atoms. The number of nitrogens with zero attached hydrogens (tertiary/aromatic N) is 1. The molecule has 0 bridgehead atoms. The van der Waals surface area contributed by atoms with E-state index in [9.17, 15) is 9.59 Å². The van der Waals surface area contributed by atoms with Gasteiger partial charge in [0.25, 0.3) is 0 Å². The van der Waals surface area contributed by atoms with E-state index < -0.39 is 11.4 Å². The molecule has 1 amide bonds. The minimum absolute atomic E-state index is 0.0361. The monoisotopic (exact) mass is 249 g/mol. The molecule has 1 aromatic carbocycles. The molecule has 0 aliphatic carbocycles. The molecule has 0 spiro atoms. The first kappa shape index (κ1) is 14.2. The molecule has 0 saturated carbocycles. The number of esters is 1. The quantitative estimate of drug-likeness (QED) is 0.761. The van der Waals surface area contributed by atoms with Crippen molar-refractivity contribution in [3.63, 3.8) is 0 Å². The van der Waals surface area contributed by atoms with Crippen molar-refractivity contribution in [3.8, 4) is 0 Å². The SMILES string of the molecule is COC(=O)CN(C)C(=O)C(C)(C)c1ccccc1. The molecule has 0 aliphatic rings. The van der Waals surface area contributed by atoms with E-state index in [2.05, 4.69) is 4.74 Å². The topological polar surface area (TPSA) is 46.6 Å². The van der Waals surface area contributed by atoms with Crippen molar-refractivity contribution in [2.75, 3.05) is 20.7 Å². The summed E-state index contributed by atoms with van der Waals surface area (Å²) in [6, 6.07) is 9.51. The van der Waals surface area contributed by atoms with Gasteiger partial charge in [-0.2, -0.15) is 0 Å². The van der Waals surface area contributed by atoms with Crippen LogP contribution in [0.4, 0.5) is 0 Å². The fourth-order valence-electron chi connectivity index (χ4n) is 1.79. The van der Waals surface area contributed by atoms with E-state index >= 15 is 0 Å². The zero-order valence-electron chi connectivity index (χ0n) is 11.3. The summed E-state index contributed by atoms with van der Waals surface area (Å²) in [6.07, 6.45) is 0. The highest BCUT2D eigenvalue weighted by Gasteiger charge is 2.32. The average Bonchev–Trinajstić information content (AvgIpc) is 2.38. The van der Waals surface area contributed by atoms with Gasteiger partial charge in [-0.25, -0.2) is 0 Å². The number of carbonyl (C=O) groups excluding carboxylic acids is 2. The van der Waals surface area contributed by atoms with Crippen LogP contribution in [0, 0.1) is 0 Å². The van der Waals surface area contributed by atoms with E-state index in [0.717, 1.165) is 5.56 Å². The van der Waals surface area contributed by atoms with E-state index in [1.165, 1.54) is 12.0 Å². The van der Waals surface area contributed by atoms with Gasteiger partial charge in [-0.05, 0) is 19.4 Å². The largest absolute Gasteiger partial charge is 0.468 e. The molecule has 1 aromatic rings. The highest BCUT2D eigenvalue weighted by molar-refractivity contribution is 5.89. The third-order valence-corrected chi connectivity index (χ3v) is 2.97. The van der Waals surface area contributed by atoms with Gasteiger partial charge in [0.15, 0.2) is 0 Å². The maximum Gasteiger partial charge on any atom is 0.325 e. The number of likely N-dealkylation sites (N-methyl/N-ethyl adjacent to an activating group) is 1. The molecule has 98 valence electrons. The van der Waals surface area contributed by atoms with Crippen LogP contribution in [0.1, 0.15) is 19.4 Å². The van der Waals surface area contributed by atoms with E-state index in [1.807, 2.05) is 44.2 Å². The first-order chi connectivity index (χ1) is 8.39. The number of hydrogen-bond acceptors (Lipinski definition) is 3. The van der Waals surface area contributed by atoms with Crippen LogP contribution in [0.15, 0.2) is 30.3 Å². The van der Waals surface area contributed by atoms with Crippen LogP contribution in [-0.4, -0.2) is 37.5 Å². The molecular formula is C14H19NO3. The van der Waals surface area contributed by atoms with Crippen molar-refractivity contribution in [1.82, 2.24) is 4.90 Å². The van der Waals surface area contributed by atoms with Gasteiger partial charge in [0.1, 0.15) is 6.54 Å². The van der Waals surface area contributed by atoms with Gasteiger partial charge < -0.3 is 9.64 Å². The molecule has 0 atom stereocenters. The number of hydrogen-bond donors (Lipinski definition) is 0. The number of ether oxygens (including phenoxy) is 1. The Labute approximate surface area is 108 Å². The van der Waals surface area contributed by atoms with Gasteiger partial charge >= 0.3 is 5.97 Å². The minimum atomic E-state index is -0.663. The Bertz CT molecular complexity index is 426. The smallest absolute Gasteiger partial charge is 0.325 e. The van der Waals surface area contributed by atoms with Crippen molar-refractivity contribution in [2.45, 2.75) is 19.3 Å². The summed E-state index contributed by atoms with van der Waals surface area (Å²) in [5, 5.41) is 0. The van der Waals surface area contributed by atoms with Crippen LogP contribution in [0.3, 0.4) is 0 Å². The second kappa shape index (κ2) is 5.67. The minimum Gasteiger partial charge on any atom is -0.468 e. The summed E-state index contributed by atoms with van der Waals surface area (Å²) >= 11 is 0. The number of benzene rings is 1. The second-order valence-corrected chi connectivity index (χ2v) is 4.73. The Morgan fingerprint density at radius 1 is 1.22 bits per heavy atom. The standard InChI is InChI=1S/C14H19NO3/c1-14(2,11-8-6-5-7-9-11)13(17)15(3)10-12(16)18-4/h5-9H,10H2,1-4H3. The molecule has 0 N–H and O–H groups in total. The molecular weight excluding hydrogens is 230 g/mol. The van der Waals surface area contributed by atoms with Gasteiger partial charge in [0.2, 0.25) is 5.91 Å². The lowest BCUT2D eigenvalue weighted by Gasteiger charge is -2.29. The zero-order valence-corrected chi connectivity index (χ0v) is 11.3. The van der Waals surface area contributed by atoms with Crippen LogP contribution in [0.25, 0.3) is 0 Å². The molecule has 1 rings (SSSR count). The number of amides is 1. The molecule has 4 heteroatoms. The third-order valence-electron chi connectivity index (χ3n) is 2.97. The Balaban J connectivity index is 2.85. The Morgan fingerprint density at radius 3 is 2.28 bits per heavy atom. The van der Waals surface area contributed by atoms with Crippen molar-refractivity contribution in [1.29, 1.82) is 0 Å². The Hall–Kier alpha value is -1.84. The molecule has 0 radical (unpaired) electrons. The maximum absolute atomic E-state index is 12.3. The van der Waals surface area contributed by atoms with Crippen LogP contribution in [0.5, 0.6) is 0 Å². The normalized spacial score (nSPS) is 10.9. The Kier molecular flexibility index (Phi) is 4.48. The van der Waals surface area contributed by atoms with E-state index in [-0.39, 0.29) is 12.5 Å².